The number of hydrogen-bond donors (Lipinski definition) is 1. The number of rotatable bonds is 9. The largest absolute Gasteiger partial charge is 0.337 e. The summed E-state index contributed by atoms with van der Waals surface area (Å²) >= 11 is 6.24. The first-order chi connectivity index (χ1) is 14.5. The molecule has 0 atom stereocenters. The quantitative estimate of drug-likeness (QED) is 0.614. The molecule has 1 aromatic carbocycles. The molecule has 0 spiro atoms. The minimum Gasteiger partial charge on any atom is -0.337 e. The van der Waals surface area contributed by atoms with Crippen LogP contribution >= 0.6 is 11.6 Å². The van der Waals surface area contributed by atoms with E-state index in [0.717, 1.165) is 26.1 Å². The summed E-state index contributed by atoms with van der Waals surface area (Å²) in [5.74, 6) is -0.262. The third kappa shape index (κ3) is 6.65. The van der Waals surface area contributed by atoms with Crippen molar-refractivity contribution in [3.05, 3.63) is 34.9 Å². The summed E-state index contributed by atoms with van der Waals surface area (Å²) < 4.78 is 27.0. The fourth-order valence-corrected chi connectivity index (χ4v) is 5.73. The molecule has 2 fully saturated rings. The van der Waals surface area contributed by atoms with Crippen molar-refractivity contribution in [1.29, 1.82) is 0 Å². The Morgan fingerprint density at radius 3 is 2.43 bits per heavy atom. The molecular weight excluding hydrogens is 424 g/mol. The zero-order chi connectivity index (χ0) is 21.4. The summed E-state index contributed by atoms with van der Waals surface area (Å²) in [5, 5.41) is 3.56. The van der Waals surface area contributed by atoms with E-state index in [1.54, 1.807) is 29.2 Å². The Morgan fingerprint density at radius 1 is 1.03 bits per heavy atom. The van der Waals surface area contributed by atoms with Crippen LogP contribution in [0.4, 0.5) is 0 Å². The molecular formula is C21H33ClN4O3S. The van der Waals surface area contributed by atoms with Gasteiger partial charge < -0.3 is 15.1 Å². The van der Waals surface area contributed by atoms with Crippen LogP contribution < -0.4 is 5.32 Å². The first-order valence-corrected chi connectivity index (χ1v) is 12.9. The Labute approximate surface area is 185 Å². The van der Waals surface area contributed by atoms with Gasteiger partial charge in [0.15, 0.2) is 0 Å². The van der Waals surface area contributed by atoms with Crippen molar-refractivity contribution in [1.82, 2.24) is 19.4 Å². The van der Waals surface area contributed by atoms with Crippen LogP contribution in [0.15, 0.2) is 24.3 Å². The topological polar surface area (TPSA) is 73.0 Å². The Kier molecular flexibility index (Phi) is 8.95. The lowest BCUT2D eigenvalue weighted by atomic mass is 10.1. The number of nitrogens with one attached hydrogen (secondary N) is 1. The van der Waals surface area contributed by atoms with Gasteiger partial charge in [0.05, 0.1) is 16.3 Å². The van der Waals surface area contributed by atoms with Crippen molar-refractivity contribution in [2.45, 2.75) is 25.7 Å². The molecule has 1 amide bonds. The third-order valence-electron chi connectivity index (χ3n) is 5.83. The molecule has 0 radical (unpaired) electrons. The van der Waals surface area contributed by atoms with Crippen LogP contribution in [0.2, 0.25) is 5.02 Å². The fourth-order valence-electron chi connectivity index (χ4n) is 4.07. The van der Waals surface area contributed by atoms with Gasteiger partial charge in [-0.05, 0) is 51.0 Å². The smallest absolute Gasteiger partial charge is 0.255 e. The number of benzene rings is 1. The standard InChI is InChI=1S/C21H33ClN4O3S/c22-20-8-3-2-7-19(20)21(27)25(14-6-13-24-11-4-1-5-12-24)17-18-30(28,29)26-15-9-23-10-16-26/h2-3,7-8,23H,1,4-6,9-18H2. The van der Waals surface area contributed by atoms with Crippen LogP contribution in [0.3, 0.4) is 0 Å². The van der Waals surface area contributed by atoms with E-state index in [9.17, 15) is 13.2 Å². The van der Waals surface area contributed by atoms with E-state index in [1.807, 2.05) is 0 Å². The minimum atomic E-state index is -3.39. The van der Waals surface area contributed by atoms with E-state index in [0.29, 0.717) is 43.3 Å². The maximum atomic E-state index is 13.2. The lowest BCUT2D eigenvalue weighted by molar-refractivity contribution is 0.0756. The van der Waals surface area contributed by atoms with Crippen molar-refractivity contribution < 1.29 is 13.2 Å². The second kappa shape index (κ2) is 11.4. The Bertz CT molecular complexity index is 793. The van der Waals surface area contributed by atoms with E-state index < -0.39 is 10.0 Å². The molecule has 0 aromatic heterocycles. The summed E-state index contributed by atoms with van der Waals surface area (Å²) in [4.78, 5) is 17.2. The van der Waals surface area contributed by atoms with E-state index in [-0.39, 0.29) is 18.2 Å². The van der Waals surface area contributed by atoms with E-state index >= 15 is 0 Å². The molecule has 0 bridgehead atoms. The maximum absolute atomic E-state index is 13.2. The molecule has 2 saturated heterocycles. The van der Waals surface area contributed by atoms with Crippen LogP contribution in [-0.2, 0) is 10.0 Å². The van der Waals surface area contributed by atoms with E-state index in [4.69, 9.17) is 11.6 Å². The summed E-state index contributed by atoms with van der Waals surface area (Å²) in [7, 11) is -3.39. The van der Waals surface area contributed by atoms with Gasteiger partial charge in [0.1, 0.15) is 0 Å². The molecule has 7 nitrogen and oxygen atoms in total. The Balaban J connectivity index is 1.63. The molecule has 2 heterocycles. The number of piperidine rings is 1. The molecule has 1 aromatic rings. The SMILES string of the molecule is O=C(c1ccccc1Cl)N(CCCN1CCCCC1)CCS(=O)(=O)N1CCNCC1. The highest BCUT2D eigenvalue weighted by Gasteiger charge is 2.26. The number of piperazine rings is 1. The molecule has 9 heteroatoms. The summed E-state index contributed by atoms with van der Waals surface area (Å²) in [6.07, 6.45) is 4.57. The normalized spacial score (nSPS) is 19.0. The number of hydrogen-bond acceptors (Lipinski definition) is 5. The lowest BCUT2D eigenvalue weighted by Crippen LogP contribution is -2.48. The van der Waals surface area contributed by atoms with Crippen molar-refractivity contribution in [3.63, 3.8) is 0 Å². The highest BCUT2D eigenvalue weighted by atomic mass is 35.5. The van der Waals surface area contributed by atoms with Gasteiger partial charge in [0.2, 0.25) is 10.0 Å². The lowest BCUT2D eigenvalue weighted by Gasteiger charge is -2.30. The number of nitrogens with zero attached hydrogens (tertiary/aromatic N) is 3. The van der Waals surface area contributed by atoms with Crippen LogP contribution in [0, 0.1) is 0 Å². The monoisotopic (exact) mass is 456 g/mol. The maximum Gasteiger partial charge on any atom is 0.255 e. The zero-order valence-electron chi connectivity index (χ0n) is 17.6. The van der Waals surface area contributed by atoms with Crippen LogP contribution in [0.25, 0.3) is 0 Å². The summed E-state index contributed by atoms with van der Waals surface area (Å²) in [6, 6.07) is 6.96. The second-order valence-electron chi connectivity index (χ2n) is 7.99. The molecule has 0 aliphatic carbocycles. The van der Waals surface area contributed by atoms with Gasteiger partial charge in [-0.15, -0.1) is 0 Å². The summed E-state index contributed by atoms with van der Waals surface area (Å²) in [6.45, 7) is 6.14. The predicted octanol–water partition coefficient (Wildman–Crippen LogP) is 1.89. The van der Waals surface area contributed by atoms with Gasteiger partial charge in [0, 0.05) is 39.3 Å². The molecule has 0 saturated carbocycles. The average molecular weight is 457 g/mol. The van der Waals surface area contributed by atoms with Crippen molar-refractivity contribution in [3.8, 4) is 0 Å². The van der Waals surface area contributed by atoms with Crippen LogP contribution in [-0.4, -0.2) is 93.1 Å². The molecule has 2 aliphatic rings. The van der Waals surface area contributed by atoms with Gasteiger partial charge in [-0.3, -0.25) is 4.79 Å². The van der Waals surface area contributed by atoms with Crippen LogP contribution in [0.1, 0.15) is 36.0 Å². The van der Waals surface area contributed by atoms with E-state index in [2.05, 4.69) is 10.2 Å². The number of amides is 1. The van der Waals surface area contributed by atoms with Gasteiger partial charge in [-0.1, -0.05) is 30.2 Å². The molecule has 0 unspecified atom stereocenters. The molecule has 30 heavy (non-hydrogen) atoms. The number of carbonyl (C=O) groups is 1. The Hall–Kier alpha value is -1.19. The van der Waals surface area contributed by atoms with Crippen molar-refractivity contribution in [2.75, 3.05) is 64.7 Å². The van der Waals surface area contributed by atoms with Gasteiger partial charge >= 0.3 is 0 Å². The number of likely N-dealkylation sites (tertiary alicyclic amines) is 1. The molecule has 168 valence electrons. The number of halogens is 1. The molecule has 3 rings (SSSR count). The summed E-state index contributed by atoms with van der Waals surface area (Å²) in [5.41, 5.74) is 0.428. The molecule has 1 N–H and O–H groups in total. The predicted molar refractivity (Wildman–Crippen MR) is 120 cm³/mol. The highest BCUT2D eigenvalue weighted by Crippen LogP contribution is 2.18. The first-order valence-electron chi connectivity index (χ1n) is 10.9. The van der Waals surface area contributed by atoms with Gasteiger partial charge in [-0.25, -0.2) is 8.42 Å². The highest BCUT2D eigenvalue weighted by molar-refractivity contribution is 7.89. The second-order valence-corrected chi connectivity index (χ2v) is 10.5. The van der Waals surface area contributed by atoms with Crippen molar-refractivity contribution in [2.24, 2.45) is 0 Å². The van der Waals surface area contributed by atoms with Crippen molar-refractivity contribution >= 4 is 27.5 Å². The average Bonchev–Trinajstić information content (AvgIpc) is 2.77. The minimum absolute atomic E-state index is 0.0626. The first kappa shape index (κ1) is 23.5. The van der Waals surface area contributed by atoms with Gasteiger partial charge in [-0.2, -0.15) is 4.31 Å². The van der Waals surface area contributed by atoms with E-state index in [1.165, 1.54) is 23.6 Å². The Morgan fingerprint density at radius 2 is 1.73 bits per heavy atom. The third-order valence-corrected chi connectivity index (χ3v) is 8.01. The molecule has 2 aliphatic heterocycles. The van der Waals surface area contributed by atoms with Gasteiger partial charge in [0.25, 0.3) is 5.91 Å². The van der Waals surface area contributed by atoms with Crippen LogP contribution in [0.5, 0.6) is 0 Å². The number of sulfonamides is 1. The fraction of sp³-hybridized carbons (Fsp3) is 0.667. The number of carbonyl (C=O) groups excluding carboxylic acids is 1. The zero-order valence-corrected chi connectivity index (χ0v) is 19.1.